The number of rotatable bonds is 5. The zero-order valence-electron chi connectivity index (χ0n) is 15.1. The summed E-state index contributed by atoms with van der Waals surface area (Å²) in [7, 11) is -3.26. The van der Waals surface area contributed by atoms with Gasteiger partial charge in [-0.2, -0.15) is 0 Å². The maximum absolute atomic E-state index is 12.9. The van der Waals surface area contributed by atoms with Crippen molar-refractivity contribution in [2.75, 3.05) is 19.6 Å². The van der Waals surface area contributed by atoms with Gasteiger partial charge in [0.1, 0.15) is 5.75 Å². The Morgan fingerprint density at radius 2 is 1.56 bits per heavy atom. The first kappa shape index (κ1) is 18.5. The van der Waals surface area contributed by atoms with Gasteiger partial charge in [-0.1, -0.05) is 30.3 Å². The number of aliphatic hydroxyl groups is 1. The number of hydrogen-bond donors (Lipinski definition) is 2. The lowest BCUT2D eigenvalue weighted by molar-refractivity contribution is 0.122. The van der Waals surface area contributed by atoms with Crippen molar-refractivity contribution in [3.63, 3.8) is 0 Å². The molecule has 2 fully saturated rings. The van der Waals surface area contributed by atoms with Crippen LogP contribution in [-0.4, -0.2) is 48.4 Å². The summed E-state index contributed by atoms with van der Waals surface area (Å²) in [5.41, 5.74) is 0.786. The number of phenolic OH excluding ortho intramolecular Hbond substituents is 1. The minimum absolute atomic E-state index is 0.187. The van der Waals surface area contributed by atoms with Crippen LogP contribution in [0, 0.1) is 11.8 Å². The number of phenols is 1. The van der Waals surface area contributed by atoms with Gasteiger partial charge in [0.15, 0.2) is 9.84 Å². The van der Waals surface area contributed by atoms with E-state index >= 15 is 0 Å². The first-order valence-electron chi connectivity index (χ1n) is 9.42. The van der Waals surface area contributed by atoms with Crippen molar-refractivity contribution >= 4 is 9.84 Å². The van der Waals surface area contributed by atoms with Crippen molar-refractivity contribution in [1.29, 1.82) is 0 Å². The molecular formula is C21H25NO4S. The lowest BCUT2D eigenvalue weighted by atomic mass is 10.0. The molecule has 27 heavy (non-hydrogen) atoms. The third kappa shape index (κ3) is 3.74. The number of likely N-dealkylation sites (tertiary alicyclic amines) is 1. The Bertz CT molecular complexity index is 868. The number of aliphatic hydroxyl groups excluding tert-OH is 1. The first-order valence-corrected chi connectivity index (χ1v) is 11.0. The highest BCUT2D eigenvalue weighted by Gasteiger charge is 2.45. The number of nitrogens with zero attached hydrogens (tertiary/aromatic N) is 1. The van der Waals surface area contributed by atoms with Crippen LogP contribution >= 0.6 is 0 Å². The Morgan fingerprint density at radius 3 is 2.15 bits per heavy atom. The van der Waals surface area contributed by atoms with Crippen LogP contribution in [0.5, 0.6) is 5.75 Å². The summed E-state index contributed by atoms with van der Waals surface area (Å²) in [5.74, 6) is 0.938. The molecule has 1 aliphatic heterocycles. The lowest BCUT2D eigenvalue weighted by Crippen LogP contribution is -2.29. The molecule has 1 saturated heterocycles. The topological polar surface area (TPSA) is 77.8 Å². The van der Waals surface area contributed by atoms with Crippen LogP contribution in [0.1, 0.15) is 24.5 Å². The highest BCUT2D eigenvalue weighted by molar-refractivity contribution is 7.92. The molecular weight excluding hydrogens is 362 g/mol. The summed E-state index contributed by atoms with van der Waals surface area (Å²) < 4.78 is 25.7. The quantitative estimate of drug-likeness (QED) is 0.825. The standard InChI is InChI=1S/C21H25NO4S/c23-18-8-6-15(7-9-18)21(24)14-22-12-16-10-20(11-17(16)13-22)27(25,26)19-4-2-1-3-5-19/h1-9,16-17,20-21,23-24H,10-14H2/t16-,17+,20-,21?. The predicted octanol–water partition coefficient (Wildman–Crippen LogP) is 2.61. The number of benzene rings is 2. The third-order valence-corrected chi connectivity index (χ3v) is 8.19. The second kappa shape index (κ2) is 7.26. The van der Waals surface area contributed by atoms with E-state index in [4.69, 9.17) is 0 Å². The minimum atomic E-state index is -3.26. The van der Waals surface area contributed by atoms with Gasteiger partial charge in [0.2, 0.25) is 0 Å². The number of hydrogen-bond acceptors (Lipinski definition) is 5. The van der Waals surface area contributed by atoms with E-state index in [2.05, 4.69) is 4.90 Å². The van der Waals surface area contributed by atoms with E-state index < -0.39 is 15.9 Å². The molecule has 6 heteroatoms. The molecule has 2 aromatic rings. The van der Waals surface area contributed by atoms with Gasteiger partial charge >= 0.3 is 0 Å². The normalized spacial score (nSPS) is 26.8. The largest absolute Gasteiger partial charge is 0.508 e. The fourth-order valence-corrected chi connectivity index (χ4v) is 6.52. The fraction of sp³-hybridized carbons (Fsp3) is 0.429. The number of aromatic hydroxyl groups is 1. The highest BCUT2D eigenvalue weighted by Crippen LogP contribution is 2.42. The van der Waals surface area contributed by atoms with E-state index in [1.807, 2.05) is 6.07 Å². The molecule has 0 aromatic heterocycles. The van der Waals surface area contributed by atoms with Gasteiger partial charge in [0, 0.05) is 19.6 Å². The molecule has 1 aliphatic carbocycles. The first-order chi connectivity index (χ1) is 12.9. The molecule has 144 valence electrons. The van der Waals surface area contributed by atoms with Crippen molar-refractivity contribution < 1.29 is 18.6 Å². The Kier molecular flexibility index (Phi) is 4.97. The van der Waals surface area contributed by atoms with Gasteiger partial charge in [-0.25, -0.2) is 8.42 Å². The maximum Gasteiger partial charge on any atom is 0.181 e. The molecule has 1 heterocycles. The molecule has 1 saturated carbocycles. The van der Waals surface area contributed by atoms with Gasteiger partial charge in [-0.3, -0.25) is 4.90 Å². The Labute approximate surface area is 160 Å². The minimum Gasteiger partial charge on any atom is -0.508 e. The lowest BCUT2D eigenvalue weighted by Gasteiger charge is -2.22. The molecule has 2 aromatic carbocycles. The molecule has 0 bridgehead atoms. The van der Waals surface area contributed by atoms with E-state index in [9.17, 15) is 18.6 Å². The monoisotopic (exact) mass is 387 g/mol. The molecule has 1 unspecified atom stereocenters. The van der Waals surface area contributed by atoms with Gasteiger partial charge < -0.3 is 10.2 Å². The zero-order valence-corrected chi connectivity index (χ0v) is 15.9. The van der Waals surface area contributed by atoms with Crippen molar-refractivity contribution in [3.8, 4) is 5.75 Å². The summed E-state index contributed by atoms with van der Waals surface area (Å²) in [6, 6.07) is 15.4. The van der Waals surface area contributed by atoms with Crippen LogP contribution in [0.3, 0.4) is 0 Å². The van der Waals surface area contributed by atoms with Gasteiger partial charge in [0.25, 0.3) is 0 Å². The number of fused-ring (bicyclic) bond motifs is 1. The van der Waals surface area contributed by atoms with E-state index in [-0.39, 0.29) is 11.0 Å². The second-order valence-corrected chi connectivity index (χ2v) is 10.0. The molecule has 5 nitrogen and oxygen atoms in total. The molecule has 4 rings (SSSR count). The van der Waals surface area contributed by atoms with Crippen LogP contribution in [0.2, 0.25) is 0 Å². The summed E-state index contributed by atoms with van der Waals surface area (Å²) in [6.07, 6.45) is 0.801. The SMILES string of the molecule is O=S(=O)(c1ccccc1)[C@@H]1C[C@@H]2CN(CC(O)c3ccc(O)cc3)C[C@@H]2C1. The highest BCUT2D eigenvalue weighted by atomic mass is 32.2. The summed E-state index contributed by atoms with van der Waals surface area (Å²) in [4.78, 5) is 2.66. The van der Waals surface area contributed by atoms with Crippen LogP contribution < -0.4 is 0 Å². The molecule has 0 amide bonds. The average Bonchev–Trinajstić information content (AvgIpc) is 3.22. The number of sulfone groups is 1. The van der Waals surface area contributed by atoms with Crippen molar-refractivity contribution in [2.45, 2.75) is 29.1 Å². The van der Waals surface area contributed by atoms with Crippen LogP contribution in [-0.2, 0) is 9.84 Å². The predicted molar refractivity (Wildman–Crippen MR) is 103 cm³/mol. The Morgan fingerprint density at radius 1 is 0.963 bits per heavy atom. The van der Waals surface area contributed by atoms with Gasteiger partial charge in [0.05, 0.1) is 16.2 Å². The molecule has 0 spiro atoms. The third-order valence-electron chi connectivity index (χ3n) is 6.00. The smallest absolute Gasteiger partial charge is 0.181 e. The van der Waals surface area contributed by atoms with Crippen LogP contribution in [0.4, 0.5) is 0 Å². The summed E-state index contributed by atoms with van der Waals surface area (Å²) in [6.45, 7) is 2.20. The van der Waals surface area contributed by atoms with E-state index in [0.29, 0.717) is 36.1 Å². The maximum atomic E-state index is 12.9. The van der Waals surface area contributed by atoms with E-state index in [0.717, 1.165) is 18.7 Å². The van der Waals surface area contributed by atoms with Gasteiger partial charge in [-0.05, 0) is 54.5 Å². The van der Waals surface area contributed by atoms with Crippen molar-refractivity contribution in [2.24, 2.45) is 11.8 Å². The summed E-state index contributed by atoms with van der Waals surface area (Å²) in [5, 5.41) is 19.5. The van der Waals surface area contributed by atoms with Crippen LogP contribution in [0.25, 0.3) is 0 Å². The number of β-amino-alcohol motifs (C(OH)–C–C–N with tert-alkyl or cyclic N) is 1. The molecule has 2 N–H and O–H groups in total. The molecule has 2 aliphatic rings. The van der Waals surface area contributed by atoms with Crippen molar-refractivity contribution in [1.82, 2.24) is 4.90 Å². The summed E-state index contributed by atoms with van der Waals surface area (Å²) >= 11 is 0. The average molecular weight is 388 g/mol. The Balaban J connectivity index is 1.36. The fourth-order valence-electron chi connectivity index (χ4n) is 4.59. The zero-order chi connectivity index (χ0) is 19.0. The van der Waals surface area contributed by atoms with Crippen molar-refractivity contribution in [3.05, 3.63) is 60.2 Å². The van der Waals surface area contributed by atoms with E-state index in [1.165, 1.54) is 0 Å². The van der Waals surface area contributed by atoms with Crippen LogP contribution in [0.15, 0.2) is 59.5 Å². The molecule has 0 radical (unpaired) electrons. The molecule has 4 atom stereocenters. The second-order valence-electron chi connectivity index (χ2n) is 7.80. The van der Waals surface area contributed by atoms with E-state index in [1.54, 1.807) is 48.5 Å². The Hall–Kier alpha value is -1.89. The van der Waals surface area contributed by atoms with Gasteiger partial charge in [-0.15, -0.1) is 0 Å².